The van der Waals surface area contributed by atoms with Crippen LogP contribution in [-0.2, 0) is 0 Å². The van der Waals surface area contributed by atoms with Gasteiger partial charge in [-0.3, -0.25) is 0 Å². The topological polar surface area (TPSA) is 0 Å². The van der Waals surface area contributed by atoms with Crippen LogP contribution in [0.4, 0.5) is 0 Å². The molecule has 1 aliphatic carbocycles. The lowest BCUT2D eigenvalue weighted by molar-refractivity contribution is 0.517. The molecule has 0 aromatic rings. The van der Waals surface area contributed by atoms with Crippen LogP contribution in [0.5, 0.6) is 0 Å². The van der Waals surface area contributed by atoms with Gasteiger partial charge in [-0.15, -0.1) is 0 Å². The molecular formula is C8H16S2. The van der Waals surface area contributed by atoms with Gasteiger partial charge in [0, 0.05) is 11.0 Å². The van der Waals surface area contributed by atoms with E-state index >= 15 is 0 Å². The maximum Gasteiger partial charge on any atom is 0.0151 e. The minimum absolute atomic E-state index is 0.985. The molecule has 0 amide bonds. The molecule has 0 unspecified atom stereocenters. The van der Waals surface area contributed by atoms with Crippen molar-refractivity contribution in [1.29, 1.82) is 0 Å². The minimum Gasteiger partial charge on any atom is -0.0942 e. The lowest BCUT2D eigenvalue weighted by Crippen LogP contribution is -2.06. The van der Waals surface area contributed by atoms with Crippen molar-refractivity contribution in [3.8, 4) is 0 Å². The van der Waals surface area contributed by atoms with Crippen LogP contribution in [0.1, 0.15) is 39.0 Å². The molecule has 1 saturated carbocycles. The van der Waals surface area contributed by atoms with Crippen molar-refractivity contribution in [3.63, 3.8) is 0 Å². The third kappa shape index (κ3) is 3.20. The first kappa shape index (κ1) is 8.79. The Balaban J connectivity index is 2.02. The zero-order chi connectivity index (χ0) is 7.23. The molecule has 0 aromatic heterocycles. The van der Waals surface area contributed by atoms with E-state index in [1.165, 1.54) is 37.9 Å². The summed E-state index contributed by atoms with van der Waals surface area (Å²) in [7, 11) is 4.15. The van der Waals surface area contributed by atoms with Crippen LogP contribution in [0.25, 0.3) is 0 Å². The Labute approximate surface area is 71.9 Å². The SMILES string of the molecule is CCSSC1CCCCC1. The van der Waals surface area contributed by atoms with Crippen molar-refractivity contribution in [2.75, 3.05) is 5.75 Å². The number of rotatable bonds is 3. The van der Waals surface area contributed by atoms with Crippen LogP contribution in [0.3, 0.4) is 0 Å². The molecule has 0 radical (unpaired) electrons. The first-order valence-electron chi connectivity index (χ1n) is 4.21. The summed E-state index contributed by atoms with van der Waals surface area (Å²) in [5.74, 6) is 1.27. The summed E-state index contributed by atoms with van der Waals surface area (Å²) in [5.41, 5.74) is 0. The summed E-state index contributed by atoms with van der Waals surface area (Å²) < 4.78 is 0. The molecular weight excluding hydrogens is 160 g/mol. The Bertz CT molecular complexity index is 77.3. The fourth-order valence-corrected chi connectivity index (χ4v) is 3.74. The first-order chi connectivity index (χ1) is 4.93. The lowest BCUT2D eigenvalue weighted by atomic mass is 10.0. The van der Waals surface area contributed by atoms with Crippen LogP contribution in [0, 0.1) is 0 Å². The van der Waals surface area contributed by atoms with Gasteiger partial charge >= 0.3 is 0 Å². The predicted octanol–water partition coefficient (Wildman–Crippen LogP) is 3.72. The smallest absolute Gasteiger partial charge is 0.0151 e. The van der Waals surface area contributed by atoms with Gasteiger partial charge in [0.2, 0.25) is 0 Å². The van der Waals surface area contributed by atoms with E-state index in [-0.39, 0.29) is 0 Å². The summed E-state index contributed by atoms with van der Waals surface area (Å²) >= 11 is 0. The molecule has 0 heterocycles. The molecule has 0 atom stereocenters. The van der Waals surface area contributed by atoms with Gasteiger partial charge in [-0.05, 0) is 12.8 Å². The molecule has 0 aromatic carbocycles. The van der Waals surface area contributed by atoms with Crippen molar-refractivity contribution in [2.24, 2.45) is 0 Å². The van der Waals surface area contributed by atoms with Crippen LogP contribution < -0.4 is 0 Å². The van der Waals surface area contributed by atoms with Crippen molar-refractivity contribution in [1.82, 2.24) is 0 Å². The third-order valence-corrected chi connectivity index (χ3v) is 4.92. The Hall–Kier alpha value is 0.700. The molecule has 1 aliphatic rings. The van der Waals surface area contributed by atoms with Gasteiger partial charge in [0.15, 0.2) is 0 Å². The maximum atomic E-state index is 2.24. The molecule has 0 spiro atoms. The van der Waals surface area contributed by atoms with Crippen molar-refractivity contribution < 1.29 is 0 Å². The maximum absolute atomic E-state index is 2.24. The third-order valence-electron chi connectivity index (χ3n) is 1.87. The van der Waals surface area contributed by atoms with E-state index in [2.05, 4.69) is 17.7 Å². The number of hydrogen-bond donors (Lipinski definition) is 0. The summed E-state index contributed by atoms with van der Waals surface area (Å²) in [5, 5.41) is 0.985. The minimum atomic E-state index is 0.985. The average Bonchev–Trinajstić information content (AvgIpc) is 2.03. The molecule has 2 heteroatoms. The van der Waals surface area contributed by atoms with Gasteiger partial charge in [0.05, 0.1) is 0 Å². The van der Waals surface area contributed by atoms with Crippen LogP contribution in [-0.4, -0.2) is 11.0 Å². The highest BCUT2D eigenvalue weighted by Gasteiger charge is 2.12. The normalized spacial score (nSPS) is 21.3. The zero-order valence-corrected chi connectivity index (χ0v) is 8.27. The molecule has 1 fully saturated rings. The monoisotopic (exact) mass is 176 g/mol. The fraction of sp³-hybridized carbons (Fsp3) is 1.00. The zero-order valence-electron chi connectivity index (χ0n) is 6.64. The lowest BCUT2D eigenvalue weighted by Gasteiger charge is -2.19. The van der Waals surface area contributed by atoms with E-state index in [0.29, 0.717) is 0 Å². The summed E-state index contributed by atoms with van der Waals surface area (Å²) in [6, 6.07) is 0. The van der Waals surface area contributed by atoms with Gasteiger partial charge in [-0.2, -0.15) is 0 Å². The molecule has 0 bridgehead atoms. The Morgan fingerprint density at radius 1 is 1.20 bits per heavy atom. The van der Waals surface area contributed by atoms with Gasteiger partial charge in [0.25, 0.3) is 0 Å². The molecule has 60 valence electrons. The van der Waals surface area contributed by atoms with E-state index in [0.717, 1.165) is 5.25 Å². The average molecular weight is 176 g/mol. The second kappa shape index (κ2) is 5.36. The largest absolute Gasteiger partial charge is 0.0942 e. The Morgan fingerprint density at radius 3 is 2.50 bits per heavy atom. The molecule has 0 aliphatic heterocycles. The molecule has 0 saturated heterocycles. The fourth-order valence-electron chi connectivity index (χ4n) is 1.33. The van der Waals surface area contributed by atoms with Gasteiger partial charge < -0.3 is 0 Å². The van der Waals surface area contributed by atoms with E-state index in [4.69, 9.17) is 0 Å². The van der Waals surface area contributed by atoms with E-state index in [1.807, 2.05) is 10.8 Å². The van der Waals surface area contributed by atoms with E-state index in [1.54, 1.807) is 0 Å². The van der Waals surface area contributed by atoms with Crippen molar-refractivity contribution >= 4 is 21.6 Å². The van der Waals surface area contributed by atoms with E-state index in [9.17, 15) is 0 Å². The second-order valence-electron chi connectivity index (χ2n) is 2.76. The highest BCUT2D eigenvalue weighted by molar-refractivity contribution is 8.76. The van der Waals surface area contributed by atoms with Crippen LogP contribution >= 0.6 is 21.6 Å². The standard InChI is InChI=1S/C8H16S2/c1-2-9-10-8-6-4-3-5-7-8/h8H,2-7H2,1H3. The second-order valence-corrected chi connectivity index (χ2v) is 5.72. The first-order valence-corrected chi connectivity index (χ1v) is 6.60. The summed E-state index contributed by atoms with van der Waals surface area (Å²) in [4.78, 5) is 0. The highest BCUT2D eigenvalue weighted by atomic mass is 33.1. The van der Waals surface area contributed by atoms with Crippen LogP contribution in [0.2, 0.25) is 0 Å². The molecule has 0 nitrogen and oxygen atoms in total. The highest BCUT2D eigenvalue weighted by Crippen LogP contribution is 2.35. The van der Waals surface area contributed by atoms with E-state index < -0.39 is 0 Å². The molecule has 10 heavy (non-hydrogen) atoms. The quantitative estimate of drug-likeness (QED) is 0.601. The summed E-state index contributed by atoms with van der Waals surface area (Å²) in [6.45, 7) is 2.24. The van der Waals surface area contributed by atoms with Gasteiger partial charge in [-0.25, -0.2) is 0 Å². The van der Waals surface area contributed by atoms with Gasteiger partial charge in [0.1, 0.15) is 0 Å². The van der Waals surface area contributed by atoms with Crippen LogP contribution in [0.15, 0.2) is 0 Å². The Kier molecular flexibility index (Phi) is 4.72. The summed E-state index contributed by atoms with van der Waals surface area (Å²) in [6.07, 6.45) is 7.37. The van der Waals surface area contributed by atoms with Crippen molar-refractivity contribution in [2.45, 2.75) is 44.3 Å². The number of hydrogen-bond acceptors (Lipinski definition) is 2. The molecule has 1 rings (SSSR count). The Morgan fingerprint density at radius 2 is 1.90 bits per heavy atom. The predicted molar refractivity (Wildman–Crippen MR) is 52.6 cm³/mol. The molecule has 0 N–H and O–H groups in total. The van der Waals surface area contributed by atoms with Gasteiger partial charge in [-0.1, -0.05) is 47.8 Å². The van der Waals surface area contributed by atoms with Crippen molar-refractivity contribution in [3.05, 3.63) is 0 Å².